The van der Waals surface area contributed by atoms with Crippen LogP contribution in [0.25, 0.3) is 11.4 Å². The number of aromatic amines is 1. The molecule has 2 atom stereocenters. The predicted octanol–water partition coefficient (Wildman–Crippen LogP) is 3.14. The van der Waals surface area contributed by atoms with Gasteiger partial charge in [0.25, 0.3) is 0 Å². The number of para-hydroxylation sites is 1. The quantitative estimate of drug-likeness (QED) is 0.421. The van der Waals surface area contributed by atoms with E-state index < -0.39 is 11.6 Å². The molecule has 1 aromatic carbocycles. The van der Waals surface area contributed by atoms with Gasteiger partial charge in [0, 0.05) is 56.3 Å². The number of benzene rings is 1. The number of anilines is 1. The Morgan fingerprint density at radius 2 is 1.97 bits per heavy atom. The summed E-state index contributed by atoms with van der Waals surface area (Å²) in [5, 5.41) is 9.37. The zero-order valence-corrected chi connectivity index (χ0v) is 19.2. The Hall–Kier alpha value is -2.72. The van der Waals surface area contributed by atoms with Crippen LogP contribution in [-0.4, -0.2) is 62.6 Å². The van der Waals surface area contributed by atoms with E-state index in [4.69, 9.17) is 0 Å². The third-order valence-corrected chi connectivity index (χ3v) is 7.68. The highest BCUT2D eigenvalue weighted by Gasteiger charge is 2.42. The van der Waals surface area contributed by atoms with Gasteiger partial charge >= 0.3 is 0 Å². The molecule has 0 aliphatic carbocycles. The molecular weight excluding hydrogens is 446 g/mol. The van der Waals surface area contributed by atoms with Crippen molar-refractivity contribution in [1.82, 2.24) is 24.6 Å². The Morgan fingerprint density at radius 1 is 1.15 bits per heavy atom. The molecule has 0 spiro atoms. The normalized spacial score (nSPS) is 20.5. The maximum Gasteiger partial charge on any atom is 0.247 e. The highest BCUT2D eigenvalue weighted by Crippen LogP contribution is 2.37. The first-order valence-electron chi connectivity index (χ1n) is 11.2. The van der Waals surface area contributed by atoms with Gasteiger partial charge in [0.2, 0.25) is 5.56 Å². The molecule has 4 heterocycles. The fourth-order valence-electron chi connectivity index (χ4n) is 4.97. The van der Waals surface area contributed by atoms with Crippen molar-refractivity contribution < 1.29 is 8.78 Å². The fraction of sp³-hybridized carbons (Fsp3) is 0.435. The molecule has 5 rings (SSSR count). The van der Waals surface area contributed by atoms with E-state index in [-0.39, 0.29) is 17.3 Å². The third-order valence-electron chi connectivity index (χ3n) is 6.58. The minimum atomic E-state index is -0.476. The summed E-state index contributed by atoms with van der Waals surface area (Å²) in [6.07, 6.45) is 3.59. The summed E-state index contributed by atoms with van der Waals surface area (Å²) in [5.74, 6) is 1.11. The smallest absolute Gasteiger partial charge is 0.247 e. The molecule has 2 aliphatic rings. The Bertz CT molecular complexity index is 1160. The lowest BCUT2D eigenvalue weighted by molar-refractivity contribution is 0.318. The summed E-state index contributed by atoms with van der Waals surface area (Å²) in [4.78, 5) is 18.3. The van der Waals surface area contributed by atoms with E-state index in [1.165, 1.54) is 24.3 Å². The zero-order valence-electron chi connectivity index (χ0n) is 18.4. The van der Waals surface area contributed by atoms with E-state index in [1.807, 2.05) is 16.5 Å². The molecule has 2 aromatic heterocycles. The van der Waals surface area contributed by atoms with E-state index in [0.717, 1.165) is 48.9 Å². The van der Waals surface area contributed by atoms with Crippen molar-refractivity contribution >= 4 is 17.4 Å². The molecule has 0 bridgehead atoms. The molecule has 2 unspecified atom stereocenters. The molecule has 1 N–H and O–H groups in total. The van der Waals surface area contributed by atoms with E-state index >= 15 is 0 Å². The first-order valence-corrected chi connectivity index (χ1v) is 12.1. The van der Waals surface area contributed by atoms with Crippen molar-refractivity contribution in [2.45, 2.75) is 24.0 Å². The van der Waals surface area contributed by atoms with E-state index in [2.05, 4.69) is 20.1 Å². The van der Waals surface area contributed by atoms with E-state index in [0.29, 0.717) is 18.3 Å². The lowest BCUT2D eigenvalue weighted by Gasteiger charge is -2.27. The summed E-state index contributed by atoms with van der Waals surface area (Å²) in [5.41, 5.74) is 0.794. The molecule has 3 aromatic rings. The van der Waals surface area contributed by atoms with Crippen LogP contribution in [0.15, 0.2) is 46.5 Å². The molecule has 174 valence electrons. The third kappa shape index (κ3) is 4.41. The number of hydrogen-bond acceptors (Lipinski definition) is 6. The number of rotatable bonds is 7. The Labute approximate surface area is 194 Å². The molecule has 0 saturated carbocycles. The molecule has 7 nitrogen and oxygen atoms in total. The SMILES string of the molecule is Cn1c(SCCCN2CC3CCN(c4c(F)cccc4F)C3C2)nnc1-c1ccc(=O)[nH]c1. The van der Waals surface area contributed by atoms with Gasteiger partial charge in [0.1, 0.15) is 17.3 Å². The van der Waals surface area contributed by atoms with Crippen LogP contribution in [0, 0.1) is 17.6 Å². The molecular formula is C23H26F2N6OS. The summed E-state index contributed by atoms with van der Waals surface area (Å²) in [7, 11) is 1.92. The number of H-pyrrole nitrogens is 1. The van der Waals surface area contributed by atoms with E-state index in [1.54, 1.807) is 24.0 Å². The predicted molar refractivity (Wildman–Crippen MR) is 124 cm³/mol. The lowest BCUT2D eigenvalue weighted by atomic mass is 10.0. The van der Waals surface area contributed by atoms with Gasteiger partial charge in [-0.2, -0.15) is 0 Å². The number of nitrogens with one attached hydrogen (secondary N) is 1. The monoisotopic (exact) mass is 472 g/mol. The number of nitrogens with zero attached hydrogens (tertiary/aromatic N) is 5. The molecule has 2 aliphatic heterocycles. The average Bonchev–Trinajstić information content (AvgIpc) is 3.47. The van der Waals surface area contributed by atoms with Crippen molar-refractivity contribution in [1.29, 1.82) is 0 Å². The molecule has 0 radical (unpaired) electrons. The van der Waals surface area contributed by atoms with Gasteiger partial charge in [-0.3, -0.25) is 4.79 Å². The standard InChI is InChI=1S/C23H26F2N6OS/c1-29-22(15-6-7-20(32)26-12-15)27-28-23(29)33-11-3-9-30-13-16-8-10-31(19(16)14-30)21-17(24)4-2-5-18(21)25/h2,4-7,12,16,19H,3,8-11,13-14H2,1H3,(H,26,32). The fourth-order valence-corrected chi connectivity index (χ4v) is 5.80. The first kappa shape index (κ1) is 22.1. The number of fused-ring (bicyclic) bond motifs is 1. The number of hydrogen-bond donors (Lipinski definition) is 1. The minimum absolute atomic E-state index is 0.128. The second-order valence-electron chi connectivity index (χ2n) is 8.65. The zero-order chi connectivity index (χ0) is 22.9. The van der Waals surface area contributed by atoms with Crippen molar-refractivity contribution in [2.24, 2.45) is 13.0 Å². The van der Waals surface area contributed by atoms with Crippen LogP contribution in [0.5, 0.6) is 0 Å². The lowest BCUT2D eigenvalue weighted by Crippen LogP contribution is -2.36. The second-order valence-corrected chi connectivity index (χ2v) is 9.71. The summed E-state index contributed by atoms with van der Waals surface area (Å²) in [6, 6.07) is 7.47. The van der Waals surface area contributed by atoms with Crippen molar-refractivity contribution in [3.05, 3.63) is 58.5 Å². The molecule has 0 amide bonds. The maximum atomic E-state index is 14.3. The largest absolute Gasteiger partial charge is 0.362 e. The van der Waals surface area contributed by atoms with Crippen molar-refractivity contribution in [2.75, 3.05) is 36.8 Å². The van der Waals surface area contributed by atoms with Gasteiger partial charge in [-0.25, -0.2) is 8.78 Å². The van der Waals surface area contributed by atoms with Crippen LogP contribution >= 0.6 is 11.8 Å². The van der Waals surface area contributed by atoms with Gasteiger partial charge in [0.05, 0.1) is 0 Å². The van der Waals surface area contributed by atoms with Crippen LogP contribution in [-0.2, 0) is 7.05 Å². The van der Waals surface area contributed by atoms with Gasteiger partial charge in [-0.15, -0.1) is 10.2 Å². The first-order chi connectivity index (χ1) is 16.0. The van der Waals surface area contributed by atoms with Crippen LogP contribution < -0.4 is 10.5 Å². The van der Waals surface area contributed by atoms with Crippen molar-refractivity contribution in [3.63, 3.8) is 0 Å². The Balaban J connectivity index is 1.13. The van der Waals surface area contributed by atoms with E-state index in [9.17, 15) is 13.6 Å². The molecule has 33 heavy (non-hydrogen) atoms. The number of pyridine rings is 1. The Morgan fingerprint density at radius 3 is 2.73 bits per heavy atom. The molecule has 2 saturated heterocycles. The highest BCUT2D eigenvalue weighted by atomic mass is 32.2. The highest BCUT2D eigenvalue weighted by molar-refractivity contribution is 7.99. The van der Waals surface area contributed by atoms with Crippen LogP contribution in [0.3, 0.4) is 0 Å². The van der Waals surface area contributed by atoms with Gasteiger partial charge in [0.15, 0.2) is 11.0 Å². The van der Waals surface area contributed by atoms with Crippen LogP contribution in [0.2, 0.25) is 0 Å². The summed E-state index contributed by atoms with van der Waals surface area (Å²) in [6.45, 7) is 3.46. The van der Waals surface area contributed by atoms with Crippen LogP contribution in [0.4, 0.5) is 14.5 Å². The molecule has 2 fully saturated rings. The molecule has 10 heteroatoms. The summed E-state index contributed by atoms with van der Waals surface area (Å²) < 4.78 is 30.5. The number of thioether (sulfide) groups is 1. The summed E-state index contributed by atoms with van der Waals surface area (Å²) >= 11 is 1.65. The van der Waals surface area contributed by atoms with Gasteiger partial charge in [-0.05, 0) is 43.5 Å². The van der Waals surface area contributed by atoms with Gasteiger partial charge < -0.3 is 19.4 Å². The topological polar surface area (TPSA) is 70.0 Å². The second kappa shape index (κ2) is 9.26. The number of halogens is 2. The van der Waals surface area contributed by atoms with Crippen molar-refractivity contribution in [3.8, 4) is 11.4 Å². The maximum absolute atomic E-state index is 14.3. The average molecular weight is 473 g/mol. The van der Waals surface area contributed by atoms with Gasteiger partial charge in [-0.1, -0.05) is 17.8 Å². The Kier molecular flexibility index (Phi) is 6.20. The minimum Gasteiger partial charge on any atom is -0.362 e. The number of likely N-dealkylation sites (tertiary alicyclic amines) is 1. The number of aromatic nitrogens is 4. The van der Waals surface area contributed by atoms with Crippen LogP contribution in [0.1, 0.15) is 12.8 Å².